The number of aliphatic hydroxyl groups excluding tert-OH is 1. The molecule has 134 valence electrons. The van der Waals surface area contributed by atoms with Crippen LogP contribution in [-0.2, 0) is 0 Å². The Balaban J connectivity index is 1.58. The van der Waals surface area contributed by atoms with E-state index in [-0.39, 0.29) is 0 Å². The number of piperazine rings is 1. The summed E-state index contributed by atoms with van der Waals surface area (Å²) in [4.78, 5) is 4.73. The van der Waals surface area contributed by atoms with Crippen molar-refractivity contribution in [2.45, 2.75) is 20.0 Å². The summed E-state index contributed by atoms with van der Waals surface area (Å²) >= 11 is 0. The predicted octanol–water partition coefficient (Wildman–Crippen LogP) is 3.17. The van der Waals surface area contributed by atoms with E-state index in [2.05, 4.69) is 54.0 Å². The first kappa shape index (κ1) is 17.8. The summed E-state index contributed by atoms with van der Waals surface area (Å²) in [5.41, 5.74) is 4.61. The smallest absolute Gasteiger partial charge is 0.120 e. The van der Waals surface area contributed by atoms with Crippen LogP contribution in [0.25, 0.3) is 0 Å². The molecule has 0 unspecified atom stereocenters. The van der Waals surface area contributed by atoms with Crippen LogP contribution in [0.5, 0.6) is 5.75 Å². The van der Waals surface area contributed by atoms with Crippen molar-refractivity contribution in [1.82, 2.24) is 4.90 Å². The van der Waals surface area contributed by atoms with E-state index in [0.717, 1.165) is 43.1 Å². The van der Waals surface area contributed by atoms with Gasteiger partial charge >= 0.3 is 0 Å². The standard InChI is InChI=1S/C21H28N2O2/c1-16-7-8-17(2)20(13-16)21(24)15-22-9-11-23(12-10-22)18-5-4-6-19(14-18)25-3/h4-8,13-14,21,24H,9-12,15H2,1-3H3/t21-/m1/s1. The first-order valence-corrected chi connectivity index (χ1v) is 8.93. The van der Waals surface area contributed by atoms with E-state index in [0.29, 0.717) is 6.54 Å². The van der Waals surface area contributed by atoms with Gasteiger partial charge in [-0.15, -0.1) is 0 Å². The van der Waals surface area contributed by atoms with Crippen molar-refractivity contribution in [2.24, 2.45) is 0 Å². The summed E-state index contributed by atoms with van der Waals surface area (Å²) in [6, 6.07) is 14.5. The van der Waals surface area contributed by atoms with Gasteiger partial charge in [0.2, 0.25) is 0 Å². The van der Waals surface area contributed by atoms with Crippen LogP contribution in [0, 0.1) is 13.8 Å². The van der Waals surface area contributed by atoms with E-state index in [1.165, 1.54) is 11.3 Å². The van der Waals surface area contributed by atoms with Crippen LogP contribution < -0.4 is 9.64 Å². The summed E-state index contributed by atoms with van der Waals surface area (Å²) in [5.74, 6) is 0.894. The fourth-order valence-electron chi connectivity index (χ4n) is 3.46. The summed E-state index contributed by atoms with van der Waals surface area (Å²) < 4.78 is 5.32. The van der Waals surface area contributed by atoms with Crippen molar-refractivity contribution in [3.05, 3.63) is 59.2 Å². The molecule has 1 heterocycles. The molecule has 1 fully saturated rings. The summed E-state index contributed by atoms with van der Waals surface area (Å²) in [7, 11) is 1.70. The molecule has 0 saturated carbocycles. The topological polar surface area (TPSA) is 35.9 Å². The van der Waals surface area contributed by atoms with Gasteiger partial charge in [0.15, 0.2) is 0 Å². The van der Waals surface area contributed by atoms with Crippen molar-refractivity contribution in [3.8, 4) is 5.75 Å². The van der Waals surface area contributed by atoms with E-state index >= 15 is 0 Å². The van der Waals surface area contributed by atoms with Crippen molar-refractivity contribution in [2.75, 3.05) is 44.7 Å². The zero-order chi connectivity index (χ0) is 17.8. The zero-order valence-corrected chi connectivity index (χ0v) is 15.4. The highest BCUT2D eigenvalue weighted by Crippen LogP contribution is 2.24. The molecule has 25 heavy (non-hydrogen) atoms. The number of benzene rings is 2. The Morgan fingerprint density at radius 2 is 1.80 bits per heavy atom. The molecule has 0 bridgehead atoms. The van der Waals surface area contributed by atoms with E-state index < -0.39 is 6.10 Å². The molecule has 4 nitrogen and oxygen atoms in total. The van der Waals surface area contributed by atoms with Crippen molar-refractivity contribution >= 4 is 5.69 Å². The number of methoxy groups -OCH3 is 1. The lowest BCUT2D eigenvalue weighted by Gasteiger charge is -2.37. The maximum absolute atomic E-state index is 10.7. The first-order chi connectivity index (χ1) is 12.1. The van der Waals surface area contributed by atoms with Gasteiger partial charge < -0.3 is 14.7 Å². The maximum atomic E-state index is 10.7. The van der Waals surface area contributed by atoms with Crippen LogP contribution in [-0.4, -0.2) is 49.8 Å². The van der Waals surface area contributed by atoms with E-state index in [4.69, 9.17) is 4.74 Å². The fraction of sp³-hybridized carbons (Fsp3) is 0.429. The zero-order valence-electron chi connectivity index (χ0n) is 15.4. The minimum Gasteiger partial charge on any atom is -0.497 e. The van der Waals surface area contributed by atoms with Gasteiger partial charge in [-0.05, 0) is 37.1 Å². The minimum absolute atomic E-state index is 0.428. The maximum Gasteiger partial charge on any atom is 0.120 e. The number of aryl methyl sites for hydroxylation is 2. The Morgan fingerprint density at radius 3 is 2.52 bits per heavy atom. The number of hydrogen-bond donors (Lipinski definition) is 1. The third-order valence-corrected chi connectivity index (χ3v) is 5.02. The molecular formula is C21H28N2O2. The van der Waals surface area contributed by atoms with Gasteiger partial charge in [0, 0.05) is 44.5 Å². The molecule has 2 aromatic carbocycles. The summed E-state index contributed by atoms with van der Waals surface area (Å²) in [6.45, 7) is 8.68. The second-order valence-corrected chi connectivity index (χ2v) is 6.86. The largest absolute Gasteiger partial charge is 0.497 e. The number of anilines is 1. The van der Waals surface area contributed by atoms with Gasteiger partial charge in [-0.2, -0.15) is 0 Å². The summed E-state index contributed by atoms with van der Waals surface area (Å²) in [6.07, 6.45) is -0.428. The second-order valence-electron chi connectivity index (χ2n) is 6.86. The Bertz CT molecular complexity index is 709. The van der Waals surface area contributed by atoms with Crippen LogP contribution in [0.15, 0.2) is 42.5 Å². The molecule has 1 N–H and O–H groups in total. The van der Waals surface area contributed by atoms with Gasteiger partial charge in [-0.1, -0.05) is 29.8 Å². The molecule has 4 heteroatoms. The van der Waals surface area contributed by atoms with Crippen LogP contribution in [0.4, 0.5) is 5.69 Å². The number of rotatable bonds is 5. The first-order valence-electron chi connectivity index (χ1n) is 8.93. The van der Waals surface area contributed by atoms with E-state index in [9.17, 15) is 5.11 Å². The van der Waals surface area contributed by atoms with Crippen LogP contribution in [0.3, 0.4) is 0 Å². The summed E-state index contributed by atoms with van der Waals surface area (Å²) in [5, 5.41) is 10.7. The highest BCUT2D eigenvalue weighted by molar-refractivity contribution is 5.51. The van der Waals surface area contributed by atoms with Crippen molar-refractivity contribution in [3.63, 3.8) is 0 Å². The third-order valence-electron chi connectivity index (χ3n) is 5.02. The lowest BCUT2D eigenvalue weighted by atomic mass is 10.0. The Labute approximate surface area is 150 Å². The molecule has 2 aromatic rings. The Kier molecular flexibility index (Phi) is 5.61. The predicted molar refractivity (Wildman–Crippen MR) is 103 cm³/mol. The molecular weight excluding hydrogens is 312 g/mol. The number of ether oxygens (including phenoxy) is 1. The molecule has 0 spiro atoms. The molecule has 0 aliphatic carbocycles. The SMILES string of the molecule is COc1cccc(N2CCN(C[C@@H](O)c3cc(C)ccc3C)CC2)c1. The third kappa shape index (κ3) is 4.33. The van der Waals surface area contributed by atoms with Crippen molar-refractivity contribution < 1.29 is 9.84 Å². The quantitative estimate of drug-likeness (QED) is 0.907. The average Bonchev–Trinajstić information content (AvgIpc) is 2.64. The van der Waals surface area contributed by atoms with Crippen LogP contribution in [0.2, 0.25) is 0 Å². The van der Waals surface area contributed by atoms with Gasteiger partial charge in [0.1, 0.15) is 5.75 Å². The molecule has 1 aliphatic rings. The van der Waals surface area contributed by atoms with E-state index in [1.807, 2.05) is 12.1 Å². The monoisotopic (exact) mass is 340 g/mol. The van der Waals surface area contributed by atoms with Crippen molar-refractivity contribution in [1.29, 1.82) is 0 Å². The van der Waals surface area contributed by atoms with Gasteiger partial charge in [-0.3, -0.25) is 4.90 Å². The molecule has 3 rings (SSSR count). The lowest BCUT2D eigenvalue weighted by Crippen LogP contribution is -2.47. The Hall–Kier alpha value is -2.04. The average molecular weight is 340 g/mol. The minimum atomic E-state index is -0.428. The van der Waals surface area contributed by atoms with E-state index in [1.54, 1.807) is 7.11 Å². The Morgan fingerprint density at radius 1 is 1.04 bits per heavy atom. The number of nitrogens with zero attached hydrogens (tertiary/aromatic N) is 2. The fourth-order valence-corrected chi connectivity index (χ4v) is 3.46. The second kappa shape index (κ2) is 7.89. The highest BCUT2D eigenvalue weighted by atomic mass is 16.5. The molecule has 0 radical (unpaired) electrons. The molecule has 1 aliphatic heterocycles. The molecule has 1 saturated heterocycles. The lowest BCUT2D eigenvalue weighted by molar-refractivity contribution is 0.109. The number of β-amino-alcohol motifs (C(OH)–C–C–N with tert-alkyl or cyclic N) is 1. The van der Waals surface area contributed by atoms with Crippen LogP contribution in [0.1, 0.15) is 22.8 Å². The van der Waals surface area contributed by atoms with Gasteiger partial charge in [0.05, 0.1) is 13.2 Å². The van der Waals surface area contributed by atoms with Crippen LogP contribution >= 0.6 is 0 Å². The number of aliphatic hydroxyl groups is 1. The number of hydrogen-bond acceptors (Lipinski definition) is 4. The highest BCUT2D eigenvalue weighted by Gasteiger charge is 2.21. The normalized spacial score (nSPS) is 16.7. The van der Waals surface area contributed by atoms with Gasteiger partial charge in [0.25, 0.3) is 0 Å². The molecule has 0 amide bonds. The molecule has 1 atom stereocenters. The molecule has 0 aromatic heterocycles. The van der Waals surface area contributed by atoms with Gasteiger partial charge in [-0.25, -0.2) is 0 Å².